The fourth-order valence-electron chi connectivity index (χ4n) is 2.08. The van der Waals surface area contributed by atoms with E-state index >= 15 is 0 Å². The molecular weight excluding hydrogens is 303 g/mol. The average molecular weight is 315 g/mol. The summed E-state index contributed by atoms with van der Waals surface area (Å²) in [6.45, 7) is 1.41. The standard InChI is InChI=1S/C12H11FN4OS.ClH/c13-11-8-3-4-14-5-7(8)1-2-9(11)15-12(18)10-6-19-17-16-10;/h1-2,6,14H,3-5H2,(H,15,18);1H. The molecule has 0 atom stereocenters. The monoisotopic (exact) mass is 314 g/mol. The van der Waals surface area contributed by atoms with Crippen LogP contribution in [0.25, 0.3) is 0 Å². The Morgan fingerprint density at radius 3 is 3.05 bits per heavy atom. The zero-order valence-electron chi connectivity index (χ0n) is 10.4. The normalized spacial score (nSPS) is 13.2. The molecule has 0 fully saturated rings. The van der Waals surface area contributed by atoms with E-state index < -0.39 is 5.91 Å². The molecule has 0 saturated carbocycles. The minimum atomic E-state index is -0.443. The molecule has 1 aromatic heterocycles. The number of amides is 1. The maximum absolute atomic E-state index is 14.3. The van der Waals surface area contributed by atoms with Gasteiger partial charge in [0.25, 0.3) is 5.91 Å². The van der Waals surface area contributed by atoms with Crippen LogP contribution in [0, 0.1) is 5.82 Å². The lowest BCUT2D eigenvalue weighted by Crippen LogP contribution is -2.25. The molecule has 8 heteroatoms. The van der Waals surface area contributed by atoms with Crippen molar-refractivity contribution in [2.45, 2.75) is 13.0 Å². The summed E-state index contributed by atoms with van der Waals surface area (Å²) in [5, 5.41) is 10.9. The second-order valence-electron chi connectivity index (χ2n) is 4.24. The molecule has 1 amide bonds. The fourth-order valence-corrected chi connectivity index (χ4v) is 2.52. The van der Waals surface area contributed by atoms with Crippen molar-refractivity contribution in [3.05, 3.63) is 40.2 Å². The predicted molar refractivity (Wildman–Crippen MR) is 76.9 cm³/mol. The molecule has 106 valence electrons. The number of fused-ring (bicyclic) bond motifs is 1. The number of halogens is 2. The number of aromatic nitrogens is 2. The van der Waals surface area contributed by atoms with Crippen molar-refractivity contribution in [3.63, 3.8) is 0 Å². The number of hydrogen-bond acceptors (Lipinski definition) is 5. The largest absolute Gasteiger partial charge is 0.318 e. The Morgan fingerprint density at radius 2 is 2.30 bits per heavy atom. The first-order valence-corrected chi connectivity index (χ1v) is 6.69. The van der Waals surface area contributed by atoms with Gasteiger partial charge in [-0.2, -0.15) is 0 Å². The zero-order valence-corrected chi connectivity index (χ0v) is 12.0. The third kappa shape index (κ3) is 2.79. The first-order chi connectivity index (χ1) is 9.25. The number of anilines is 1. The summed E-state index contributed by atoms with van der Waals surface area (Å²) in [6, 6.07) is 3.42. The molecule has 0 saturated heterocycles. The lowest BCUT2D eigenvalue weighted by molar-refractivity contribution is 0.102. The maximum Gasteiger partial charge on any atom is 0.277 e. The molecule has 1 aromatic carbocycles. The van der Waals surface area contributed by atoms with Crippen molar-refractivity contribution < 1.29 is 9.18 Å². The molecule has 1 aliphatic heterocycles. The van der Waals surface area contributed by atoms with Gasteiger partial charge in [-0.3, -0.25) is 4.79 Å². The Labute approximate surface area is 125 Å². The lowest BCUT2D eigenvalue weighted by atomic mass is 9.99. The summed E-state index contributed by atoms with van der Waals surface area (Å²) in [6.07, 6.45) is 0.628. The van der Waals surface area contributed by atoms with Gasteiger partial charge in [0, 0.05) is 11.9 Å². The summed E-state index contributed by atoms with van der Waals surface area (Å²) < 4.78 is 17.9. The number of carbonyl (C=O) groups excluding carboxylic acids is 1. The van der Waals surface area contributed by atoms with E-state index in [1.54, 1.807) is 6.07 Å². The summed E-state index contributed by atoms with van der Waals surface area (Å²) in [5.41, 5.74) is 2.01. The van der Waals surface area contributed by atoms with Gasteiger partial charge in [-0.1, -0.05) is 10.6 Å². The Morgan fingerprint density at radius 1 is 1.45 bits per heavy atom. The van der Waals surface area contributed by atoms with E-state index in [2.05, 4.69) is 20.2 Å². The van der Waals surface area contributed by atoms with Crippen LogP contribution in [0.4, 0.5) is 10.1 Å². The highest BCUT2D eigenvalue weighted by atomic mass is 35.5. The van der Waals surface area contributed by atoms with Crippen molar-refractivity contribution in [3.8, 4) is 0 Å². The minimum absolute atomic E-state index is 0. The van der Waals surface area contributed by atoms with Crippen molar-refractivity contribution >= 4 is 35.5 Å². The molecule has 1 aliphatic rings. The molecule has 2 N–H and O–H groups in total. The summed E-state index contributed by atoms with van der Waals surface area (Å²) in [7, 11) is 0. The van der Waals surface area contributed by atoms with Crippen LogP contribution in [0.5, 0.6) is 0 Å². The van der Waals surface area contributed by atoms with E-state index in [1.807, 2.05) is 6.07 Å². The van der Waals surface area contributed by atoms with E-state index in [4.69, 9.17) is 0 Å². The fraction of sp³-hybridized carbons (Fsp3) is 0.250. The van der Waals surface area contributed by atoms with E-state index in [9.17, 15) is 9.18 Å². The van der Waals surface area contributed by atoms with Crippen LogP contribution in [0.15, 0.2) is 17.5 Å². The van der Waals surface area contributed by atoms with Gasteiger partial charge < -0.3 is 10.6 Å². The predicted octanol–water partition coefficient (Wildman–Crippen LogP) is 2.00. The van der Waals surface area contributed by atoms with Gasteiger partial charge in [-0.25, -0.2) is 4.39 Å². The van der Waals surface area contributed by atoms with Crippen molar-refractivity contribution in [1.82, 2.24) is 14.9 Å². The molecular formula is C12H12ClFN4OS. The zero-order chi connectivity index (χ0) is 13.2. The van der Waals surface area contributed by atoms with Gasteiger partial charge in [0.1, 0.15) is 5.82 Å². The summed E-state index contributed by atoms with van der Waals surface area (Å²) in [5.74, 6) is -0.794. The number of benzene rings is 1. The van der Waals surface area contributed by atoms with Crippen LogP contribution >= 0.6 is 23.9 Å². The first kappa shape index (κ1) is 14.8. The van der Waals surface area contributed by atoms with Gasteiger partial charge in [-0.05, 0) is 41.7 Å². The van der Waals surface area contributed by atoms with Crippen molar-refractivity contribution in [1.29, 1.82) is 0 Å². The van der Waals surface area contributed by atoms with E-state index in [0.717, 1.165) is 23.6 Å². The van der Waals surface area contributed by atoms with Crippen molar-refractivity contribution in [2.75, 3.05) is 11.9 Å². The smallest absolute Gasteiger partial charge is 0.277 e. The molecule has 5 nitrogen and oxygen atoms in total. The summed E-state index contributed by atoms with van der Waals surface area (Å²) in [4.78, 5) is 11.8. The molecule has 0 aliphatic carbocycles. The van der Waals surface area contributed by atoms with Crippen LogP contribution in [0.3, 0.4) is 0 Å². The molecule has 2 aromatic rings. The van der Waals surface area contributed by atoms with Gasteiger partial charge in [0.15, 0.2) is 5.69 Å². The molecule has 0 unspecified atom stereocenters. The van der Waals surface area contributed by atoms with Crippen LogP contribution in [0.2, 0.25) is 0 Å². The Hall–Kier alpha value is -1.57. The lowest BCUT2D eigenvalue weighted by Gasteiger charge is -2.19. The van der Waals surface area contributed by atoms with Crippen LogP contribution in [0.1, 0.15) is 21.6 Å². The third-order valence-electron chi connectivity index (χ3n) is 3.05. The van der Waals surface area contributed by atoms with E-state index in [-0.39, 0.29) is 29.6 Å². The van der Waals surface area contributed by atoms with Gasteiger partial charge in [0.05, 0.1) is 5.69 Å². The highest BCUT2D eigenvalue weighted by Crippen LogP contribution is 2.24. The number of nitrogens with zero attached hydrogens (tertiary/aromatic N) is 2. The Balaban J connectivity index is 0.00000147. The van der Waals surface area contributed by atoms with E-state index in [1.165, 1.54) is 5.38 Å². The Kier molecular flexibility index (Phi) is 4.64. The minimum Gasteiger partial charge on any atom is -0.318 e. The second kappa shape index (κ2) is 6.25. The molecule has 0 spiro atoms. The second-order valence-corrected chi connectivity index (χ2v) is 4.85. The number of hydrogen-bond donors (Lipinski definition) is 2. The molecule has 20 heavy (non-hydrogen) atoms. The molecule has 3 rings (SSSR count). The maximum atomic E-state index is 14.3. The molecule has 0 bridgehead atoms. The topological polar surface area (TPSA) is 66.9 Å². The molecule has 0 radical (unpaired) electrons. The van der Waals surface area contributed by atoms with Gasteiger partial charge in [0.2, 0.25) is 0 Å². The molecule has 2 heterocycles. The third-order valence-corrected chi connectivity index (χ3v) is 3.55. The van der Waals surface area contributed by atoms with Gasteiger partial charge >= 0.3 is 0 Å². The summed E-state index contributed by atoms with van der Waals surface area (Å²) >= 11 is 1.08. The number of carbonyl (C=O) groups is 1. The highest BCUT2D eigenvalue weighted by Gasteiger charge is 2.18. The number of nitrogens with one attached hydrogen (secondary N) is 2. The van der Waals surface area contributed by atoms with Crippen LogP contribution in [-0.2, 0) is 13.0 Å². The SMILES string of the molecule is Cl.O=C(Nc1ccc2c(c1F)CCNC2)c1csnn1. The number of rotatable bonds is 2. The first-order valence-electron chi connectivity index (χ1n) is 5.85. The van der Waals surface area contributed by atoms with Crippen LogP contribution < -0.4 is 10.6 Å². The quantitative estimate of drug-likeness (QED) is 0.889. The highest BCUT2D eigenvalue weighted by molar-refractivity contribution is 7.03. The Bertz CT molecular complexity index is 620. The van der Waals surface area contributed by atoms with Gasteiger partial charge in [-0.15, -0.1) is 17.5 Å². The van der Waals surface area contributed by atoms with Crippen LogP contribution in [-0.4, -0.2) is 22.0 Å². The average Bonchev–Trinajstić information content (AvgIpc) is 2.96. The van der Waals surface area contributed by atoms with E-state index in [0.29, 0.717) is 18.5 Å². The van der Waals surface area contributed by atoms with Crippen molar-refractivity contribution in [2.24, 2.45) is 0 Å².